The fourth-order valence-corrected chi connectivity index (χ4v) is 13.0. The van der Waals surface area contributed by atoms with Crippen LogP contribution in [0.4, 0.5) is 0 Å². The number of carbonyl (C=O) groups is 2. The van der Waals surface area contributed by atoms with Gasteiger partial charge in [0.05, 0.1) is 25.4 Å². The number of aliphatic hydroxyl groups excluding tert-OH is 2. The molecule has 0 aliphatic carbocycles. The molecule has 0 radical (unpaired) electrons. The highest BCUT2D eigenvalue weighted by Crippen LogP contribution is 2.20. The second-order valence-corrected chi connectivity index (χ2v) is 27.8. The minimum Gasteiger partial charge on any atom is -0.466 e. The monoisotopic (exact) mass is 1210 g/mol. The molecule has 6 heteroatoms. The molecule has 0 aliphatic heterocycles. The van der Waals surface area contributed by atoms with Crippen molar-refractivity contribution < 1.29 is 24.5 Å². The highest BCUT2D eigenvalue weighted by Gasteiger charge is 2.20. The summed E-state index contributed by atoms with van der Waals surface area (Å²) in [5.74, 6) is -0.00838. The van der Waals surface area contributed by atoms with E-state index in [4.69, 9.17) is 4.74 Å². The second kappa shape index (κ2) is 76.1. The number of allylic oxidation sites excluding steroid dienone is 2. The van der Waals surface area contributed by atoms with Gasteiger partial charge in [-0.3, -0.25) is 9.59 Å². The van der Waals surface area contributed by atoms with Gasteiger partial charge in [-0.1, -0.05) is 411 Å². The molecule has 0 aromatic rings. The lowest BCUT2D eigenvalue weighted by Gasteiger charge is -2.22. The predicted molar refractivity (Wildman–Crippen MR) is 380 cm³/mol. The Morgan fingerprint density at radius 3 is 0.826 bits per heavy atom. The number of esters is 1. The maximum atomic E-state index is 12.6. The minimum absolute atomic E-state index is 0.0174. The molecular weight excluding hydrogens is 1050 g/mol. The first kappa shape index (κ1) is 84.6. The van der Waals surface area contributed by atoms with Crippen LogP contribution >= 0.6 is 0 Å². The van der Waals surface area contributed by atoms with Crippen molar-refractivity contribution in [1.82, 2.24) is 5.32 Å². The Labute approximate surface area is 539 Å². The molecule has 0 fully saturated rings. The number of ether oxygens (including phenoxy) is 1. The lowest BCUT2D eigenvalue weighted by molar-refractivity contribution is -0.143. The van der Waals surface area contributed by atoms with Crippen LogP contribution in [0.25, 0.3) is 0 Å². The van der Waals surface area contributed by atoms with Crippen molar-refractivity contribution in [2.45, 2.75) is 475 Å². The van der Waals surface area contributed by atoms with Crippen molar-refractivity contribution in [3.05, 3.63) is 12.2 Å². The van der Waals surface area contributed by atoms with Crippen LogP contribution in [0.1, 0.15) is 463 Å². The van der Waals surface area contributed by atoms with Gasteiger partial charge in [-0.25, -0.2) is 0 Å². The zero-order valence-electron chi connectivity index (χ0n) is 58.8. The Morgan fingerprint density at radius 1 is 0.314 bits per heavy atom. The maximum absolute atomic E-state index is 12.6. The predicted octanol–water partition coefficient (Wildman–Crippen LogP) is 26.3. The van der Waals surface area contributed by atoms with E-state index < -0.39 is 12.1 Å². The number of hydrogen-bond donors (Lipinski definition) is 3. The van der Waals surface area contributed by atoms with Gasteiger partial charge in [0.1, 0.15) is 0 Å². The molecule has 0 heterocycles. The lowest BCUT2D eigenvalue weighted by atomic mass is 10.0. The zero-order valence-corrected chi connectivity index (χ0v) is 58.8. The van der Waals surface area contributed by atoms with Gasteiger partial charge in [-0.15, -0.1) is 0 Å². The summed E-state index contributed by atoms with van der Waals surface area (Å²) in [5, 5.41) is 23.5. The van der Waals surface area contributed by atoms with Crippen molar-refractivity contribution in [3.63, 3.8) is 0 Å². The summed E-state index contributed by atoms with van der Waals surface area (Å²) < 4.78 is 5.51. The van der Waals surface area contributed by atoms with Crippen molar-refractivity contribution >= 4 is 11.9 Å². The van der Waals surface area contributed by atoms with Crippen LogP contribution in [0.3, 0.4) is 0 Å². The summed E-state index contributed by atoms with van der Waals surface area (Å²) in [6, 6.07) is -0.540. The number of nitrogens with one attached hydrogen (secondary N) is 1. The fourth-order valence-electron chi connectivity index (χ4n) is 13.0. The van der Waals surface area contributed by atoms with Crippen molar-refractivity contribution in [3.8, 4) is 0 Å². The molecule has 2 atom stereocenters. The molecule has 0 saturated carbocycles. The third-order valence-electron chi connectivity index (χ3n) is 19.1. The summed E-state index contributed by atoms with van der Waals surface area (Å²) in [7, 11) is 0. The highest BCUT2D eigenvalue weighted by molar-refractivity contribution is 5.76. The van der Waals surface area contributed by atoms with Crippen molar-refractivity contribution in [2.24, 2.45) is 0 Å². The van der Waals surface area contributed by atoms with Crippen molar-refractivity contribution in [2.75, 3.05) is 13.2 Å². The first-order valence-corrected chi connectivity index (χ1v) is 39.9. The molecular formula is C80H157NO5. The van der Waals surface area contributed by atoms with E-state index in [2.05, 4.69) is 31.3 Å². The van der Waals surface area contributed by atoms with Crippen LogP contribution in [0.15, 0.2) is 12.2 Å². The van der Waals surface area contributed by atoms with Crippen LogP contribution in [0, 0.1) is 0 Å². The molecule has 0 rings (SSSR count). The number of unbranched alkanes of at least 4 members (excludes halogenated alkanes) is 63. The van der Waals surface area contributed by atoms with Gasteiger partial charge in [0.25, 0.3) is 0 Å². The summed E-state index contributed by atoms with van der Waals surface area (Å²) in [5.41, 5.74) is 0. The third kappa shape index (κ3) is 71.7. The normalized spacial score (nSPS) is 12.5. The van der Waals surface area contributed by atoms with E-state index in [1.165, 1.54) is 385 Å². The van der Waals surface area contributed by atoms with E-state index in [0.717, 1.165) is 44.9 Å². The molecule has 0 aliphatic rings. The average molecular weight is 1210 g/mol. The van der Waals surface area contributed by atoms with E-state index in [1.54, 1.807) is 0 Å². The van der Waals surface area contributed by atoms with E-state index in [1.807, 2.05) is 0 Å². The molecule has 0 aromatic carbocycles. The van der Waals surface area contributed by atoms with Gasteiger partial charge in [-0.2, -0.15) is 0 Å². The van der Waals surface area contributed by atoms with E-state index in [9.17, 15) is 19.8 Å². The largest absolute Gasteiger partial charge is 0.466 e. The smallest absolute Gasteiger partial charge is 0.305 e. The van der Waals surface area contributed by atoms with Gasteiger partial charge < -0.3 is 20.3 Å². The maximum Gasteiger partial charge on any atom is 0.305 e. The number of amides is 1. The van der Waals surface area contributed by atoms with Crippen LogP contribution in [-0.2, 0) is 14.3 Å². The van der Waals surface area contributed by atoms with Crippen LogP contribution in [-0.4, -0.2) is 47.4 Å². The molecule has 3 N–H and O–H groups in total. The summed E-state index contributed by atoms with van der Waals surface area (Å²) in [6.07, 6.45) is 95.9. The van der Waals surface area contributed by atoms with Gasteiger partial charge in [0, 0.05) is 12.8 Å². The quantitative estimate of drug-likeness (QED) is 0.0320. The minimum atomic E-state index is -0.663. The second-order valence-electron chi connectivity index (χ2n) is 27.8. The van der Waals surface area contributed by atoms with Crippen LogP contribution in [0.5, 0.6) is 0 Å². The molecule has 2 unspecified atom stereocenters. The average Bonchev–Trinajstić information content (AvgIpc) is 3.54. The lowest BCUT2D eigenvalue weighted by Crippen LogP contribution is -2.45. The van der Waals surface area contributed by atoms with Crippen LogP contribution in [0.2, 0.25) is 0 Å². The van der Waals surface area contributed by atoms with E-state index in [0.29, 0.717) is 25.9 Å². The molecule has 86 heavy (non-hydrogen) atoms. The third-order valence-corrected chi connectivity index (χ3v) is 19.1. The molecule has 0 spiro atoms. The Bertz CT molecular complexity index is 1300. The van der Waals surface area contributed by atoms with E-state index in [-0.39, 0.29) is 18.5 Å². The molecule has 512 valence electrons. The Kier molecular flexibility index (Phi) is 74.8. The van der Waals surface area contributed by atoms with Gasteiger partial charge in [0.2, 0.25) is 5.91 Å². The summed E-state index contributed by atoms with van der Waals surface area (Å²) in [6.45, 7) is 5.01. The number of aliphatic hydroxyl groups is 2. The van der Waals surface area contributed by atoms with E-state index >= 15 is 0 Å². The molecule has 0 saturated heterocycles. The molecule has 6 nitrogen and oxygen atoms in total. The Hall–Kier alpha value is -1.40. The summed E-state index contributed by atoms with van der Waals surface area (Å²) >= 11 is 0. The topological polar surface area (TPSA) is 95.9 Å². The van der Waals surface area contributed by atoms with Crippen molar-refractivity contribution in [1.29, 1.82) is 0 Å². The van der Waals surface area contributed by atoms with Gasteiger partial charge >= 0.3 is 5.97 Å². The number of carbonyl (C=O) groups excluding carboxylic acids is 2. The molecule has 0 bridgehead atoms. The summed E-state index contributed by atoms with van der Waals surface area (Å²) in [4.78, 5) is 24.7. The standard InChI is InChI=1S/C80H157NO5/c1-3-5-7-9-11-13-15-17-19-21-23-24-31-34-37-40-44-48-52-56-60-64-68-72-78(83)77(76-82)81-79(84)73-69-65-61-57-53-49-45-41-38-35-32-29-27-25-26-28-30-33-36-39-43-47-51-55-59-63-67-71-75-86-80(85)74-70-66-62-58-54-50-46-42-22-20-18-16-14-12-10-8-6-4-2/h20,22,77-78,82-83H,3-19,21,23-76H2,1-2H3,(H,81,84)/b22-20-. The Morgan fingerprint density at radius 2 is 0.547 bits per heavy atom. The first-order valence-electron chi connectivity index (χ1n) is 39.9. The van der Waals surface area contributed by atoms with Crippen LogP contribution < -0.4 is 5.32 Å². The SMILES string of the molecule is CCCCCCCCC/C=C\CCCCCCCCCC(=O)OCCCCCCCCCCCCCCCCCCCCCCCCCCCCCCC(=O)NC(CO)C(O)CCCCCCCCCCCCCCCCCCCCCCCCC. The highest BCUT2D eigenvalue weighted by atomic mass is 16.5. The molecule has 1 amide bonds. The number of rotatable bonds is 76. The zero-order chi connectivity index (χ0) is 62.0. The fraction of sp³-hybridized carbons (Fsp3) is 0.950. The number of hydrogen-bond acceptors (Lipinski definition) is 5. The molecule has 0 aromatic heterocycles. The Balaban J connectivity index is 3.33. The van der Waals surface area contributed by atoms with Gasteiger partial charge in [0.15, 0.2) is 0 Å². The van der Waals surface area contributed by atoms with Gasteiger partial charge in [-0.05, 0) is 51.4 Å². The first-order chi connectivity index (χ1) is 42.5.